The van der Waals surface area contributed by atoms with Crippen molar-refractivity contribution in [3.05, 3.63) is 119 Å². The smallest absolute Gasteiger partial charge is 0.255 e. The van der Waals surface area contributed by atoms with E-state index in [1.165, 1.54) is 0 Å². The minimum atomic E-state index is -0.207. The fourth-order valence-corrected chi connectivity index (χ4v) is 5.17. The minimum Gasteiger partial charge on any atom is -0.410 e. The van der Waals surface area contributed by atoms with Gasteiger partial charge in [-0.3, -0.25) is 9.78 Å². The first kappa shape index (κ1) is 20.1. The van der Waals surface area contributed by atoms with Crippen molar-refractivity contribution < 1.29 is 10.0 Å². The lowest BCUT2D eigenvalue weighted by Gasteiger charge is -2.12. The molecule has 1 amide bonds. The third kappa shape index (κ3) is 3.78. The van der Waals surface area contributed by atoms with Gasteiger partial charge in [-0.05, 0) is 24.3 Å². The van der Waals surface area contributed by atoms with Crippen molar-refractivity contribution in [2.45, 2.75) is 11.1 Å². The number of fused-ring (bicyclic) bond motifs is 1. The van der Waals surface area contributed by atoms with Gasteiger partial charge in [0.25, 0.3) is 5.91 Å². The quantitative estimate of drug-likeness (QED) is 0.255. The number of anilines is 1. The molecule has 0 saturated carbocycles. The van der Waals surface area contributed by atoms with E-state index in [0.29, 0.717) is 16.8 Å². The van der Waals surface area contributed by atoms with Gasteiger partial charge in [-0.25, -0.2) is 0 Å². The number of amides is 1. The molecule has 0 bridgehead atoms. The van der Waals surface area contributed by atoms with Gasteiger partial charge in [0, 0.05) is 46.6 Å². The maximum Gasteiger partial charge on any atom is 0.255 e. The van der Waals surface area contributed by atoms with E-state index in [1.54, 1.807) is 36.2 Å². The van der Waals surface area contributed by atoms with E-state index >= 15 is 0 Å². The second kappa shape index (κ2) is 8.72. The zero-order valence-corrected chi connectivity index (χ0v) is 17.9. The summed E-state index contributed by atoms with van der Waals surface area (Å²) >= 11 is 1.80. The number of nitrogens with one attached hydrogen (secondary N) is 1. The van der Waals surface area contributed by atoms with Gasteiger partial charge >= 0.3 is 0 Å². The topological polar surface area (TPSA) is 79.5 Å². The molecular formula is C25H20N4O2S. The number of pyridine rings is 1. The molecule has 3 heterocycles. The molecule has 1 unspecified atom stereocenters. The van der Waals surface area contributed by atoms with E-state index in [9.17, 15) is 10.0 Å². The Morgan fingerprint density at radius 3 is 2.62 bits per heavy atom. The Bertz CT molecular complexity index is 1290. The summed E-state index contributed by atoms with van der Waals surface area (Å²) in [7, 11) is 0. The Morgan fingerprint density at radius 1 is 1.03 bits per heavy atom. The first-order valence-corrected chi connectivity index (χ1v) is 11.2. The van der Waals surface area contributed by atoms with Crippen LogP contribution in [0.25, 0.3) is 0 Å². The van der Waals surface area contributed by atoms with Crippen molar-refractivity contribution >= 4 is 29.1 Å². The zero-order valence-electron chi connectivity index (χ0n) is 17.1. The van der Waals surface area contributed by atoms with Gasteiger partial charge in [-0.15, -0.1) is 11.8 Å². The summed E-state index contributed by atoms with van der Waals surface area (Å²) in [5, 5.41) is 16.2. The van der Waals surface area contributed by atoms with Crippen molar-refractivity contribution in [1.82, 2.24) is 9.55 Å². The van der Waals surface area contributed by atoms with Gasteiger partial charge in [0.15, 0.2) is 0 Å². The molecule has 0 fully saturated rings. The molecule has 0 spiro atoms. The van der Waals surface area contributed by atoms with Gasteiger partial charge in [0.1, 0.15) is 11.1 Å². The third-order valence-electron chi connectivity index (χ3n) is 5.42. The molecule has 2 N–H and O–H groups in total. The molecule has 1 aliphatic rings. The Labute approximate surface area is 189 Å². The van der Waals surface area contributed by atoms with Crippen LogP contribution in [-0.4, -0.2) is 26.4 Å². The number of carbonyl (C=O) groups is 1. The predicted octanol–water partition coefficient (Wildman–Crippen LogP) is 5.16. The van der Waals surface area contributed by atoms with Crippen LogP contribution in [0.3, 0.4) is 0 Å². The molecule has 5 rings (SSSR count). The van der Waals surface area contributed by atoms with Gasteiger partial charge in [0.2, 0.25) is 0 Å². The van der Waals surface area contributed by atoms with E-state index < -0.39 is 0 Å². The number of rotatable bonds is 5. The summed E-state index contributed by atoms with van der Waals surface area (Å²) in [6.45, 7) is 0. The summed E-state index contributed by atoms with van der Waals surface area (Å²) in [5.41, 5.74) is 5.37. The highest BCUT2D eigenvalue weighted by molar-refractivity contribution is 7.99. The van der Waals surface area contributed by atoms with Crippen LogP contribution in [0.5, 0.6) is 0 Å². The van der Waals surface area contributed by atoms with Crippen LogP contribution in [0.1, 0.15) is 38.1 Å². The normalized spacial score (nSPS) is 15.4. The molecule has 6 nitrogen and oxygen atoms in total. The molecule has 2 aromatic heterocycles. The summed E-state index contributed by atoms with van der Waals surface area (Å²) in [6.07, 6.45) is 5.65. The van der Waals surface area contributed by atoms with Crippen molar-refractivity contribution in [3.63, 3.8) is 0 Å². The molecule has 0 radical (unpaired) electrons. The highest BCUT2D eigenvalue weighted by atomic mass is 32.2. The van der Waals surface area contributed by atoms with E-state index in [0.717, 1.165) is 28.3 Å². The lowest BCUT2D eigenvalue weighted by atomic mass is 10.0. The average Bonchev–Trinajstić information content (AvgIpc) is 3.44. The van der Waals surface area contributed by atoms with E-state index in [-0.39, 0.29) is 11.3 Å². The summed E-state index contributed by atoms with van der Waals surface area (Å²) in [5.74, 6) is 0.596. The molecule has 0 aliphatic carbocycles. The van der Waals surface area contributed by atoms with Gasteiger partial charge in [-0.2, -0.15) is 0 Å². The molecule has 1 aliphatic heterocycles. The van der Waals surface area contributed by atoms with Crippen LogP contribution in [0, 0.1) is 0 Å². The molecule has 1 atom stereocenters. The first-order chi connectivity index (χ1) is 15.7. The van der Waals surface area contributed by atoms with Crippen LogP contribution in [0.2, 0.25) is 0 Å². The standard InChI is InChI=1S/C25H20N4O2S/c30-24(19-9-4-8-18(14-19)23(28-31)17-6-2-1-3-7-17)27-21-11-13-29-22(21)16-32-25(29)20-10-5-12-26-15-20/h1-15,25,31H,16H2,(H,27,30)/b28-23+. The van der Waals surface area contributed by atoms with Crippen LogP contribution in [0.4, 0.5) is 5.69 Å². The monoisotopic (exact) mass is 440 g/mol. The number of aromatic nitrogens is 2. The number of nitrogens with zero attached hydrogens (tertiary/aromatic N) is 3. The van der Waals surface area contributed by atoms with Crippen molar-refractivity contribution in [3.8, 4) is 0 Å². The highest BCUT2D eigenvalue weighted by Crippen LogP contribution is 2.43. The third-order valence-corrected chi connectivity index (χ3v) is 6.67. The fourth-order valence-electron chi connectivity index (χ4n) is 3.86. The Morgan fingerprint density at radius 2 is 1.84 bits per heavy atom. The molecular weight excluding hydrogens is 420 g/mol. The predicted molar refractivity (Wildman–Crippen MR) is 126 cm³/mol. The van der Waals surface area contributed by atoms with Crippen molar-refractivity contribution in [1.29, 1.82) is 0 Å². The molecule has 158 valence electrons. The second-order valence-corrected chi connectivity index (χ2v) is 8.45. The zero-order chi connectivity index (χ0) is 21.9. The summed E-state index contributed by atoms with van der Waals surface area (Å²) in [6, 6.07) is 22.4. The fraction of sp³-hybridized carbons (Fsp3) is 0.0800. The molecule has 2 aromatic carbocycles. The SMILES string of the molecule is O=C(Nc1ccn2c1CSC2c1cccnc1)c1cccc(/C(=N/O)c2ccccc2)c1. The number of benzene rings is 2. The molecule has 7 heteroatoms. The van der Waals surface area contributed by atoms with E-state index in [4.69, 9.17) is 0 Å². The van der Waals surface area contributed by atoms with Gasteiger partial charge in [0.05, 0.1) is 11.4 Å². The van der Waals surface area contributed by atoms with Crippen molar-refractivity contribution in [2.24, 2.45) is 5.16 Å². The maximum atomic E-state index is 13.0. The van der Waals surface area contributed by atoms with Crippen LogP contribution in [-0.2, 0) is 5.75 Å². The lowest BCUT2D eigenvalue weighted by Crippen LogP contribution is -2.14. The number of carbonyl (C=O) groups excluding carboxylic acids is 1. The van der Waals surface area contributed by atoms with Gasteiger partial charge < -0.3 is 15.1 Å². The Kier molecular flexibility index (Phi) is 5.47. The Balaban J connectivity index is 1.38. The van der Waals surface area contributed by atoms with E-state index in [1.807, 2.05) is 60.9 Å². The maximum absolute atomic E-state index is 13.0. The van der Waals surface area contributed by atoms with Crippen LogP contribution in [0.15, 0.2) is 96.5 Å². The van der Waals surface area contributed by atoms with Crippen molar-refractivity contribution in [2.75, 3.05) is 5.32 Å². The largest absolute Gasteiger partial charge is 0.410 e. The molecule has 0 saturated heterocycles. The minimum absolute atomic E-state index is 0.155. The van der Waals surface area contributed by atoms with Gasteiger partial charge in [-0.1, -0.05) is 53.7 Å². The summed E-state index contributed by atoms with van der Waals surface area (Å²) in [4.78, 5) is 17.2. The first-order valence-electron chi connectivity index (χ1n) is 10.1. The van der Waals surface area contributed by atoms with Crippen LogP contribution < -0.4 is 5.32 Å². The lowest BCUT2D eigenvalue weighted by molar-refractivity contribution is 0.102. The number of hydrogen-bond donors (Lipinski definition) is 2. The number of oxime groups is 1. The molecule has 4 aromatic rings. The molecule has 32 heavy (non-hydrogen) atoms. The number of thioether (sulfide) groups is 1. The van der Waals surface area contributed by atoms with Crippen LogP contribution >= 0.6 is 11.8 Å². The summed E-state index contributed by atoms with van der Waals surface area (Å²) < 4.78 is 2.18. The Hall–Kier alpha value is -3.84. The number of hydrogen-bond acceptors (Lipinski definition) is 5. The average molecular weight is 441 g/mol. The second-order valence-electron chi connectivity index (χ2n) is 7.38. The highest BCUT2D eigenvalue weighted by Gasteiger charge is 2.27. The van der Waals surface area contributed by atoms with E-state index in [2.05, 4.69) is 26.1 Å².